The first-order chi connectivity index (χ1) is 16.7. The molecule has 1 aliphatic heterocycles. The summed E-state index contributed by atoms with van der Waals surface area (Å²) < 4.78 is 2.10. The third kappa shape index (κ3) is 4.76. The molecule has 1 aliphatic rings. The van der Waals surface area contributed by atoms with Crippen molar-refractivity contribution < 1.29 is 0 Å². The molecule has 6 nitrogen and oxygen atoms in total. The number of pyridine rings is 2. The van der Waals surface area contributed by atoms with Crippen molar-refractivity contribution in [2.75, 3.05) is 18.4 Å². The van der Waals surface area contributed by atoms with Gasteiger partial charge in [0, 0.05) is 43.1 Å². The molecule has 0 saturated carbocycles. The number of rotatable bonds is 8. The van der Waals surface area contributed by atoms with Gasteiger partial charge in [-0.1, -0.05) is 35.9 Å². The molecule has 0 radical (unpaired) electrons. The monoisotopic (exact) mass is 488 g/mol. The Bertz CT molecular complexity index is 1230. The standard InChI is InChI=1S/C26H25ClN6S/c27-19-12-13-23(30-18-19)32-16-6-11-22(32)25-24(21-10-4-5-14-29-21)31-26(34)33(25)17-7-15-28-20-8-2-1-3-9-20/h1-6,8-14,16,18,24-25,28H,7,15,17H2,(H,31,34)/t24-,25-/m1/s1. The summed E-state index contributed by atoms with van der Waals surface area (Å²) in [4.78, 5) is 11.4. The fraction of sp³-hybridized carbons (Fsp3) is 0.192. The minimum absolute atomic E-state index is 0.0356. The molecule has 34 heavy (non-hydrogen) atoms. The zero-order chi connectivity index (χ0) is 23.3. The van der Waals surface area contributed by atoms with E-state index in [0.29, 0.717) is 5.02 Å². The molecule has 2 atom stereocenters. The third-order valence-corrected chi connectivity index (χ3v) is 6.49. The summed E-state index contributed by atoms with van der Waals surface area (Å²) in [6.45, 7) is 1.66. The summed E-state index contributed by atoms with van der Waals surface area (Å²) in [7, 11) is 0. The van der Waals surface area contributed by atoms with Crippen molar-refractivity contribution in [2.45, 2.75) is 18.5 Å². The number of thiocarbonyl (C=S) groups is 1. The summed E-state index contributed by atoms with van der Waals surface area (Å²) in [6.07, 6.45) is 6.45. The van der Waals surface area contributed by atoms with Gasteiger partial charge in [-0.2, -0.15) is 0 Å². The maximum Gasteiger partial charge on any atom is 0.170 e. The molecule has 3 aromatic heterocycles. The lowest BCUT2D eigenvalue weighted by Crippen LogP contribution is -2.32. The van der Waals surface area contributed by atoms with E-state index in [4.69, 9.17) is 23.8 Å². The zero-order valence-corrected chi connectivity index (χ0v) is 20.1. The van der Waals surface area contributed by atoms with Crippen LogP contribution in [0, 0.1) is 0 Å². The molecule has 0 spiro atoms. The molecular formula is C26H25ClN6S. The Kier molecular flexibility index (Phi) is 6.74. The highest BCUT2D eigenvalue weighted by Crippen LogP contribution is 2.39. The predicted octanol–water partition coefficient (Wildman–Crippen LogP) is 5.40. The predicted molar refractivity (Wildman–Crippen MR) is 140 cm³/mol. The molecule has 4 aromatic rings. The van der Waals surface area contributed by atoms with Gasteiger partial charge in [-0.15, -0.1) is 0 Å². The SMILES string of the molecule is S=C1N[C@H](c2ccccn2)[C@@H](c2cccn2-c2ccc(Cl)cn2)N1CCCNc1ccccc1. The number of hydrogen-bond donors (Lipinski definition) is 2. The van der Waals surface area contributed by atoms with Crippen molar-refractivity contribution in [2.24, 2.45) is 0 Å². The van der Waals surface area contributed by atoms with E-state index in [1.54, 1.807) is 6.20 Å². The Balaban J connectivity index is 1.42. The third-order valence-electron chi connectivity index (χ3n) is 5.92. The Hall–Kier alpha value is -3.42. The van der Waals surface area contributed by atoms with Crippen LogP contribution >= 0.6 is 23.8 Å². The van der Waals surface area contributed by atoms with Gasteiger partial charge < -0.3 is 20.1 Å². The highest BCUT2D eigenvalue weighted by atomic mass is 35.5. The van der Waals surface area contributed by atoms with E-state index < -0.39 is 0 Å². The number of halogens is 1. The van der Waals surface area contributed by atoms with Crippen LogP contribution in [-0.4, -0.2) is 37.6 Å². The van der Waals surface area contributed by atoms with Gasteiger partial charge in [0.15, 0.2) is 5.11 Å². The van der Waals surface area contributed by atoms with Gasteiger partial charge in [0.25, 0.3) is 0 Å². The van der Waals surface area contributed by atoms with Crippen LogP contribution in [0.5, 0.6) is 0 Å². The van der Waals surface area contributed by atoms with Gasteiger partial charge in [-0.25, -0.2) is 4.98 Å². The molecule has 8 heteroatoms. The van der Waals surface area contributed by atoms with Gasteiger partial charge in [0.2, 0.25) is 0 Å². The summed E-state index contributed by atoms with van der Waals surface area (Å²) in [5.41, 5.74) is 3.17. The lowest BCUT2D eigenvalue weighted by Gasteiger charge is -2.29. The largest absolute Gasteiger partial charge is 0.385 e. The van der Waals surface area contributed by atoms with Crippen molar-refractivity contribution in [3.05, 3.63) is 108 Å². The Morgan fingerprint density at radius 1 is 0.971 bits per heavy atom. The van der Waals surface area contributed by atoms with Crippen LogP contribution in [0.4, 0.5) is 5.69 Å². The molecule has 4 heterocycles. The fourth-order valence-corrected chi connectivity index (χ4v) is 4.80. The number of nitrogens with zero attached hydrogens (tertiary/aromatic N) is 4. The van der Waals surface area contributed by atoms with Crippen molar-refractivity contribution in [3.8, 4) is 5.82 Å². The topological polar surface area (TPSA) is 58.0 Å². The molecule has 0 unspecified atom stereocenters. The van der Waals surface area contributed by atoms with E-state index in [9.17, 15) is 0 Å². The second-order valence-electron chi connectivity index (χ2n) is 8.10. The van der Waals surface area contributed by atoms with Crippen molar-refractivity contribution in [3.63, 3.8) is 0 Å². The lowest BCUT2D eigenvalue weighted by atomic mass is 10.0. The highest BCUT2D eigenvalue weighted by molar-refractivity contribution is 7.80. The zero-order valence-electron chi connectivity index (χ0n) is 18.5. The van der Waals surface area contributed by atoms with Crippen LogP contribution in [0.3, 0.4) is 0 Å². The molecule has 172 valence electrons. The van der Waals surface area contributed by atoms with E-state index in [1.165, 1.54) is 0 Å². The molecule has 1 saturated heterocycles. The number of benzene rings is 1. The number of aromatic nitrogens is 3. The van der Waals surface area contributed by atoms with E-state index in [0.717, 1.165) is 47.5 Å². The van der Waals surface area contributed by atoms with Crippen molar-refractivity contribution in [1.29, 1.82) is 0 Å². The summed E-state index contributed by atoms with van der Waals surface area (Å²) in [6, 6.07) is 24.1. The minimum atomic E-state index is -0.0725. The number of para-hydroxylation sites is 1. The van der Waals surface area contributed by atoms with Crippen molar-refractivity contribution in [1.82, 2.24) is 24.8 Å². The molecule has 2 N–H and O–H groups in total. The molecular weight excluding hydrogens is 464 g/mol. The smallest absolute Gasteiger partial charge is 0.170 e. The molecule has 0 aliphatic carbocycles. The van der Waals surface area contributed by atoms with Crippen LogP contribution in [0.1, 0.15) is 29.9 Å². The van der Waals surface area contributed by atoms with Gasteiger partial charge in [-0.05, 0) is 67.2 Å². The number of nitrogens with one attached hydrogen (secondary N) is 2. The maximum atomic E-state index is 6.08. The van der Waals surface area contributed by atoms with E-state index >= 15 is 0 Å². The van der Waals surface area contributed by atoms with Gasteiger partial charge in [0.1, 0.15) is 5.82 Å². The minimum Gasteiger partial charge on any atom is -0.385 e. The van der Waals surface area contributed by atoms with Gasteiger partial charge >= 0.3 is 0 Å². The van der Waals surface area contributed by atoms with Crippen LogP contribution in [0.25, 0.3) is 5.82 Å². The lowest BCUT2D eigenvalue weighted by molar-refractivity contribution is 0.307. The number of hydrogen-bond acceptors (Lipinski definition) is 4. The second kappa shape index (κ2) is 10.2. The summed E-state index contributed by atoms with van der Waals surface area (Å²) in [5, 5.41) is 8.36. The normalized spacial score (nSPS) is 17.6. The average molecular weight is 489 g/mol. The Labute approximate surface area is 209 Å². The summed E-state index contributed by atoms with van der Waals surface area (Å²) in [5.74, 6) is 0.813. The Morgan fingerprint density at radius 2 is 1.82 bits per heavy atom. The first kappa shape index (κ1) is 22.4. The molecule has 1 aromatic carbocycles. The fourth-order valence-electron chi connectivity index (χ4n) is 4.36. The maximum absolute atomic E-state index is 6.08. The number of anilines is 1. The van der Waals surface area contributed by atoms with Crippen LogP contribution < -0.4 is 10.6 Å². The highest BCUT2D eigenvalue weighted by Gasteiger charge is 2.41. The molecule has 0 amide bonds. The van der Waals surface area contributed by atoms with Gasteiger partial charge in [0.05, 0.1) is 22.8 Å². The van der Waals surface area contributed by atoms with Crippen LogP contribution in [0.2, 0.25) is 5.02 Å². The van der Waals surface area contributed by atoms with Gasteiger partial charge in [-0.3, -0.25) is 4.98 Å². The molecule has 0 bridgehead atoms. The van der Waals surface area contributed by atoms with E-state index in [1.807, 2.05) is 67.0 Å². The van der Waals surface area contributed by atoms with Crippen LogP contribution in [-0.2, 0) is 0 Å². The average Bonchev–Trinajstić information content (AvgIpc) is 3.48. The van der Waals surface area contributed by atoms with Crippen molar-refractivity contribution >= 4 is 34.6 Å². The summed E-state index contributed by atoms with van der Waals surface area (Å²) >= 11 is 11.9. The van der Waals surface area contributed by atoms with E-state index in [2.05, 4.69) is 48.3 Å². The second-order valence-corrected chi connectivity index (χ2v) is 8.93. The quantitative estimate of drug-likeness (QED) is 0.256. The molecule has 1 fully saturated rings. The first-order valence-corrected chi connectivity index (χ1v) is 12.1. The van der Waals surface area contributed by atoms with Crippen LogP contribution in [0.15, 0.2) is 91.4 Å². The Morgan fingerprint density at radius 3 is 2.59 bits per heavy atom. The first-order valence-electron chi connectivity index (χ1n) is 11.3. The molecule has 5 rings (SSSR count). The van der Waals surface area contributed by atoms with E-state index in [-0.39, 0.29) is 12.1 Å².